The van der Waals surface area contributed by atoms with Crippen LogP contribution in [0, 0.1) is 0 Å². The summed E-state index contributed by atoms with van der Waals surface area (Å²) in [5.74, 6) is -56.1. The van der Waals surface area contributed by atoms with Gasteiger partial charge < -0.3 is 0 Å². The molecule has 39 heavy (non-hydrogen) atoms. The zero-order chi connectivity index (χ0) is 30.5. The first-order valence-corrected chi connectivity index (χ1v) is 10.2. The molecule has 0 amide bonds. The van der Waals surface area contributed by atoms with Gasteiger partial charge in [0.15, 0.2) is 0 Å². The number of rotatable bonds is 10. The highest BCUT2D eigenvalue weighted by Gasteiger charge is 2.95. The van der Waals surface area contributed by atoms with Crippen LogP contribution in [-0.2, 0) is 6.42 Å². The highest BCUT2D eigenvalue weighted by Crippen LogP contribution is 2.64. The van der Waals surface area contributed by atoms with Crippen LogP contribution in [0.3, 0.4) is 0 Å². The number of alkyl halides is 17. The third-order valence-electron chi connectivity index (χ3n) is 5.58. The summed E-state index contributed by atoms with van der Waals surface area (Å²) in [5, 5.41) is 0. The fourth-order valence-electron chi connectivity index (χ4n) is 3.15. The maximum atomic E-state index is 14.0. The van der Waals surface area contributed by atoms with Gasteiger partial charge in [-0.1, -0.05) is 54.6 Å². The smallest absolute Gasteiger partial charge is 0.200 e. The summed E-state index contributed by atoms with van der Waals surface area (Å²) >= 11 is 0. The van der Waals surface area contributed by atoms with Crippen molar-refractivity contribution in [1.82, 2.24) is 0 Å². The van der Waals surface area contributed by atoms with Gasteiger partial charge in [-0.05, 0) is 23.1 Å². The van der Waals surface area contributed by atoms with Crippen LogP contribution in [-0.4, -0.2) is 47.6 Å². The van der Waals surface area contributed by atoms with Crippen molar-refractivity contribution in [3.8, 4) is 11.1 Å². The lowest BCUT2D eigenvalue weighted by atomic mass is 9.87. The SMILES string of the molecule is FC(F)(F)C(F)(F)C(F)(F)C(F)(F)C(F)(F)C(F)(F)C(F)(F)C(F)(F)CCc1ccc(-c2ccccc2)cc1. The molecular formula is C22H13F17. The minimum absolute atomic E-state index is 0.304. The minimum Gasteiger partial charge on any atom is -0.200 e. The average Bonchev–Trinajstić information content (AvgIpc) is 2.82. The van der Waals surface area contributed by atoms with Gasteiger partial charge >= 0.3 is 47.6 Å². The molecule has 0 aliphatic heterocycles. The van der Waals surface area contributed by atoms with Gasteiger partial charge in [0.1, 0.15) is 0 Å². The van der Waals surface area contributed by atoms with Crippen LogP contribution in [0.15, 0.2) is 54.6 Å². The summed E-state index contributed by atoms with van der Waals surface area (Å²) < 4.78 is 226. The highest BCUT2D eigenvalue weighted by atomic mass is 19.4. The van der Waals surface area contributed by atoms with Crippen molar-refractivity contribution in [2.75, 3.05) is 0 Å². The third-order valence-corrected chi connectivity index (χ3v) is 5.58. The van der Waals surface area contributed by atoms with Crippen molar-refractivity contribution in [3.63, 3.8) is 0 Å². The monoisotopic (exact) mass is 600 g/mol. The molecule has 0 aromatic heterocycles. The number of benzene rings is 2. The van der Waals surface area contributed by atoms with E-state index in [-0.39, 0.29) is 5.56 Å². The Labute approximate surface area is 207 Å². The Kier molecular flexibility index (Phi) is 8.08. The Morgan fingerprint density at radius 2 is 0.744 bits per heavy atom. The van der Waals surface area contributed by atoms with Crippen LogP contribution in [0.4, 0.5) is 74.6 Å². The van der Waals surface area contributed by atoms with E-state index in [4.69, 9.17) is 0 Å². The van der Waals surface area contributed by atoms with Crippen LogP contribution in [0.25, 0.3) is 11.1 Å². The second-order valence-corrected chi connectivity index (χ2v) is 8.21. The fourth-order valence-corrected chi connectivity index (χ4v) is 3.15. The van der Waals surface area contributed by atoms with Gasteiger partial charge in [0, 0.05) is 6.42 Å². The Morgan fingerprint density at radius 3 is 1.15 bits per heavy atom. The minimum atomic E-state index is -8.62. The van der Waals surface area contributed by atoms with Crippen molar-refractivity contribution in [3.05, 3.63) is 60.2 Å². The lowest BCUT2D eigenvalue weighted by molar-refractivity contribution is -0.461. The van der Waals surface area contributed by atoms with Gasteiger partial charge in [-0.25, -0.2) is 0 Å². The molecule has 0 spiro atoms. The first kappa shape index (κ1) is 32.5. The zero-order valence-electron chi connectivity index (χ0n) is 18.5. The van der Waals surface area contributed by atoms with E-state index in [1.807, 2.05) is 0 Å². The molecule has 0 saturated heterocycles. The molecule has 0 bridgehead atoms. The quantitative estimate of drug-likeness (QED) is 0.239. The molecular weight excluding hydrogens is 587 g/mol. The standard InChI is InChI=1S/C22H13F17/c23-15(24,11-10-12-6-8-14(9-7-12)13-4-2-1-3-5-13)16(25,26)17(27,28)18(29,30)19(31,32)20(33,34)21(35,36)22(37,38)39/h1-9H,10-11H2. The first-order chi connectivity index (χ1) is 17.3. The van der Waals surface area contributed by atoms with E-state index in [0.717, 1.165) is 12.1 Å². The van der Waals surface area contributed by atoms with Crippen LogP contribution in [0.1, 0.15) is 12.0 Å². The first-order valence-electron chi connectivity index (χ1n) is 10.2. The van der Waals surface area contributed by atoms with E-state index >= 15 is 0 Å². The maximum absolute atomic E-state index is 14.0. The van der Waals surface area contributed by atoms with Gasteiger partial charge in [0.05, 0.1) is 0 Å². The maximum Gasteiger partial charge on any atom is 0.460 e. The second kappa shape index (κ2) is 9.71. The number of hydrogen-bond acceptors (Lipinski definition) is 0. The fraction of sp³-hybridized carbons (Fsp3) is 0.455. The van der Waals surface area contributed by atoms with Crippen molar-refractivity contribution in [1.29, 1.82) is 0 Å². The number of halogens is 17. The Bertz CT molecular complexity index is 1120. The van der Waals surface area contributed by atoms with Crippen molar-refractivity contribution in [2.24, 2.45) is 0 Å². The van der Waals surface area contributed by atoms with Gasteiger partial charge in [-0.15, -0.1) is 0 Å². The third kappa shape index (κ3) is 5.00. The number of aryl methyl sites for hydroxylation is 1. The topological polar surface area (TPSA) is 0 Å². The lowest BCUT2D eigenvalue weighted by Crippen LogP contribution is -2.74. The molecule has 0 heterocycles. The predicted octanol–water partition coefficient (Wildman–Crippen LogP) is 9.30. The molecule has 0 atom stereocenters. The zero-order valence-corrected chi connectivity index (χ0v) is 18.5. The molecule has 0 fully saturated rings. The van der Waals surface area contributed by atoms with Crippen LogP contribution in [0.2, 0.25) is 0 Å². The van der Waals surface area contributed by atoms with Gasteiger partial charge in [-0.3, -0.25) is 0 Å². The van der Waals surface area contributed by atoms with E-state index in [9.17, 15) is 74.6 Å². The molecule has 2 aromatic carbocycles. The summed E-state index contributed by atoms with van der Waals surface area (Å²) in [5.41, 5.74) is 0.722. The highest BCUT2D eigenvalue weighted by molar-refractivity contribution is 5.63. The Balaban J connectivity index is 2.36. The molecule has 17 heteroatoms. The van der Waals surface area contributed by atoms with Gasteiger partial charge in [-0.2, -0.15) is 74.6 Å². The van der Waals surface area contributed by atoms with Gasteiger partial charge in [0.25, 0.3) is 0 Å². The molecule has 0 aliphatic carbocycles. The molecule has 0 nitrogen and oxygen atoms in total. The van der Waals surface area contributed by atoms with E-state index in [0.29, 0.717) is 11.1 Å². The molecule has 0 N–H and O–H groups in total. The predicted molar refractivity (Wildman–Crippen MR) is 101 cm³/mol. The van der Waals surface area contributed by atoms with Crippen LogP contribution >= 0.6 is 0 Å². The van der Waals surface area contributed by atoms with Crippen molar-refractivity contribution >= 4 is 0 Å². The van der Waals surface area contributed by atoms with E-state index in [2.05, 4.69) is 0 Å². The molecule has 2 rings (SSSR count). The summed E-state index contributed by atoms with van der Waals surface area (Å²) in [7, 11) is 0. The molecule has 0 unspecified atom stereocenters. The molecule has 220 valence electrons. The molecule has 0 radical (unpaired) electrons. The van der Waals surface area contributed by atoms with Crippen LogP contribution < -0.4 is 0 Å². The Hall–Kier alpha value is -2.75. The normalized spacial score (nSPS) is 15.0. The van der Waals surface area contributed by atoms with E-state index in [1.165, 1.54) is 12.1 Å². The van der Waals surface area contributed by atoms with Crippen LogP contribution in [0.5, 0.6) is 0 Å². The summed E-state index contributed by atoms with van der Waals surface area (Å²) in [6.45, 7) is 0. The van der Waals surface area contributed by atoms with Crippen molar-refractivity contribution < 1.29 is 74.6 Å². The van der Waals surface area contributed by atoms with Crippen molar-refractivity contribution in [2.45, 2.75) is 60.5 Å². The average molecular weight is 600 g/mol. The molecule has 2 aromatic rings. The summed E-state index contributed by atoms with van der Waals surface area (Å²) in [6, 6.07) is 12.5. The summed E-state index contributed by atoms with van der Waals surface area (Å²) in [4.78, 5) is 0. The van der Waals surface area contributed by atoms with E-state index < -0.39 is 60.5 Å². The largest absolute Gasteiger partial charge is 0.460 e. The van der Waals surface area contributed by atoms with E-state index in [1.54, 1.807) is 30.3 Å². The summed E-state index contributed by atoms with van der Waals surface area (Å²) in [6.07, 6.45) is -11.6. The second-order valence-electron chi connectivity index (χ2n) is 8.21. The molecule has 0 aliphatic rings. The lowest BCUT2D eigenvalue weighted by Gasteiger charge is -2.42. The molecule has 0 saturated carbocycles. The Morgan fingerprint density at radius 1 is 0.385 bits per heavy atom. The van der Waals surface area contributed by atoms with Gasteiger partial charge in [0.2, 0.25) is 0 Å². The number of hydrogen-bond donors (Lipinski definition) is 0.